The first kappa shape index (κ1) is 21.5. The predicted octanol–water partition coefficient (Wildman–Crippen LogP) is 12.0. The van der Waals surface area contributed by atoms with Crippen LogP contribution in [0.1, 0.15) is 11.0 Å². The number of aromatic nitrogens is 4. The molecule has 0 saturated carbocycles. The van der Waals surface area contributed by atoms with Gasteiger partial charge in [-0.15, -0.1) is 11.3 Å². The summed E-state index contributed by atoms with van der Waals surface area (Å²) in [5.74, 6) is 1.11. The molecule has 0 saturated heterocycles. The molecule has 0 amide bonds. The number of fused-ring (bicyclic) bond motifs is 6. The van der Waals surface area contributed by atoms with E-state index in [1.807, 2.05) is 109 Å². The number of hydrogen-bond acceptors (Lipinski definition) is 4. The molecule has 3 aromatic heterocycles. The van der Waals surface area contributed by atoms with Crippen LogP contribution in [-0.4, -0.2) is 19.5 Å². The maximum absolute atomic E-state index is 9.28. The van der Waals surface area contributed by atoms with E-state index in [0.717, 1.165) is 42.4 Å². The van der Waals surface area contributed by atoms with Gasteiger partial charge in [-0.1, -0.05) is 139 Å². The topological polar surface area (TPSA) is 43.6 Å². The summed E-state index contributed by atoms with van der Waals surface area (Å²) in [6.45, 7) is 0. The van der Waals surface area contributed by atoms with Crippen molar-refractivity contribution in [1.29, 1.82) is 0 Å². The summed E-state index contributed by atoms with van der Waals surface area (Å²) < 4.78 is 74.7. The van der Waals surface area contributed by atoms with E-state index in [4.69, 9.17) is 23.2 Å². The van der Waals surface area contributed by atoms with Crippen molar-refractivity contribution in [3.05, 3.63) is 170 Å². The normalized spacial score (nSPS) is 13.8. The zero-order chi connectivity index (χ0) is 40.0. The number of rotatable bonds is 5. The highest BCUT2D eigenvalue weighted by atomic mass is 32.1. The fraction of sp³-hybridized carbons (Fsp3) is 0. The number of benzene rings is 7. The summed E-state index contributed by atoms with van der Waals surface area (Å²) in [5, 5.41) is 2.10. The van der Waals surface area contributed by atoms with Gasteiger partial charge in [-0.3, -0.25) is 0 Å². The lowest BCUT2D eigenvalue weighted by atomic mass is 9.99. The molecule has 4 nitrogen and oxygen atoms in total. The van der Waals surface area contributed by atoms with Gasteiger partial charge in [-0.2, -0.15) is 0 Å². The second-order valence-corrected chi connectivity index (χ2v) is 12.8. The minimum Gasteiger partial charge on any atom is -0.308 e. The van der Waals surface area contributed by atoms with Gasteiger partial charge in [0.1, 0.15) is 0 Å². The summed E-state index contributed by atoms with van der Waals surface area (Å²) in [4.78, 5) is 14.9. The van der Waals surface area contributed by atoms with Crippen LogP contribution < -0.4 is 0 Å². The first-order valence-corrected chi connectivity index (χ1v) is 16.9. The standard InChI is InChI=1S/C45H28N4S/c1-3-14-29(15-4-1)43-46-44(30-16-5-2-6-17-30)48-45(47-43)37-27-26-31(32-21-13-22-36-35-20-9-12-25-41(35)50-42(32)36)28-40(37)49-38-23-10-7-18-33(38)34-19-8-11-24-39(34)49/h1-28H/i7D,8D,10D,18D,19D,23D,24D,25D. The second-order valence-electron chi connectivity index (χ2n) is 11.8. The lowest BCUT2D eigenvalue weighted by Gasteiger charge is -2.16. The summed E-state index contributed by atoms with van der Waals surface area (Å²) in [6.07, 6.45) is 0. The zero-order valence-corrected chi connectivity index (χ0v) is 27.1. The molecule has 7 aromatic carbocycles. The summed E-state index contributed by atoms with van der Waals surface area (Å²) >= 11 is 1.53. The van der Waals surface area contributed by atoms with Crippen molar-refractivity contribution in [3.63, 3.8) is 0 Å². The second kappa shape index (κ2) is 11.6. The van der Waals surface area contributed by atoms with Crippen LogP contribution in [0.2, 0.25) is 0 Å². The molecule has 0 radical (unpaired) electrons. The molecule has 50 heavy (non-hydrogen) atoms. The molecule has 0 atom stereocenters. The minimum absolute atomic E-state index is 0.0464. The third-order valence-electron chi connectivity index (χ3n) is 8.90. The molecule has 10 rings (SSSR count). The van der Waals surface area contributed by atoms with Crippen LogP contribution in [0, 0.1) is 0 Å². The summed E-state index contributed by atoms with van der Waals surface area (Å²) in [7, 11) is 0. The van der Waals surface area contributed by atoms with Crippen molar-refractivity contribution in [2.75, 3.05) is 0 Å². The van der Waals surface area contributed by atoms with E-state index in [-0.39, 0.29) is 57.8 Å². The lowest BCUT2D eigenvalue weighted by molar-refractivity contribution is 1.06. The molecular weight excluding hydrogens is 629 g/mol. The molecule has 0 aliphatic heterocycles. The van der Waals surface area contributed by atoms with Gasteiger partial charge in [-0.05, 0) is 41.4 Å². The Labute approximate surface area is 303 Å². The highest BCUT2D eigenvalue weighted by molar-refractivity contribution is 7.26. The first-order chi connectivity index (χ1) is 28.1. The van der Waals surface area contributed by atoms with Crippen LogP contribution >= 0.6 is 11.3 Å². The smallest absolute Gasteiger partial charge is 0.166 e. The van der Waals surface area contributed by atoms with E-state index in [2.05, 4.69) is 0 Å². The minimum atomic E-state index is -0.477. The first-order valence-electron chi connectivity index (χ1n) is 20.0. The molecule has 0 unspecified atom stereocenters. The fourth-order valence-electron chi connectivity index (χ4n) is 6.62. The average molecular weight is 665 g/mol. The third kappa shape index (κ3) is 4.63. The molecule has 0 bridgehead atoms. The highest BCUT2D eigenvalue weighted by Crippen LogP contribution is 2.42. The quantitative estimate of drug-likeness (QED) is 0.184. The molecule has 10 aromatic rings. The Morgan fingerprint density at radius 3 is 1.90 bits per heavy atom. The molecule has 5 heteroatoms. The average Bonchev–Trinajstić information content (AvgIpc) is 3.83. The van der Waals surface area contributed by atoms with Crippen LogP contribution in [0.5, 0.6) is 0 Å². The van der Waals surface area contributed by atoms with Crippen molar-refractivity contribution in [2.45, 2.75) is 0 Å². The van der Waals surface area contributed by atoms with E-state index < -0.39 is 12.1 Å². The Morgan fingerprint density at radius 2 is 1.12 bits per heavy atom. The molecular formula is C45H28N4S. The fourth-order valence-corrected chi connectivity index (χ4v) is 7.82. The van der Waals surface area contributed by atoms with Crippen LogP contribution in [-0.2, 0) is 0 Å². The van der Waals surface area contributed by atoms with Crippen molar-refractivity contribution in [1.82, 2.24) is 19.5 Å². The van der Waals surface area contributed by atoms with Gasteiger partial charge in [0.2, 0.25) is 0 Å². The van der Waals surface area contributed by atoms with Crippen molar-refractivity contribution < 1.29 is 11.0 Å². The van der Waals surface area contributed by atoms with Crippen LogP contribution in [0.15, 0.2) is 170 Å². The number of para-hydroxylation sites is 2. The monoisotopic (exact) mass is 664 g/mol. The predicted molar refractivity (Wildman–Crippen MR) is 209 cm³/mol. The summed E-state index contributed by atoms with van der Waals surface area (Å²) in [5.41, 5.74) is 4.24. The van der Waals surface area contributed by atoms with Crippen molar-refractivity contribution in [2.24, 2.45) is 0 Å². The molecule has 3 heterocycles. The van der Waals surface area contributed by atoms with E-state index >= 15 is 0 Å². The highest BCUT2D eigenvalue weighted by Gasteiger charge is 2.21. The van der Waals surface area contributed by atoms with Gasteiger partial charge in [0.15, 0.2) is 17.5 Å². The Bertz CT molecular complexity index is 3270. The molecule has 0 N–H and O–H groups in total. The number of thiophene rings is 1. The Hall–Kier alpha value is -6.43. The van der Waals surface area contributed by atoms with E-state index in [0.29, 0.717) is 28.9 Å². The Balaban J connectivity index is 1.37. The van der Waals surface area contributed by atoms with Gasteiger partial charge in [0.25, 0.3) is 0 Å². The molecule has 0 fully saturated rings. The maximum Gasteiger partial charge on any atom is 0.166 e. The van der Waals surface area contributed by atoms with Crippen LogP contribution in [0.3, 0.4) is 0 Å². The molecule has 234 valence electrons. The van der Waals surface area contributed by atoms with Gasteiger partial charge in [0.05, 0.1) is 27.7 Å². The SMILES string of the molecule is [2H]c1cc([2H])c2c(c1[2H])c1c([2H])c([2H])c([2H])c([2H])c1n2-c1cc(-c2cccc3c2sc2c([2H])cccc23)ccc1-c1nc(-c2ccccc2)nc(-c2ccccc2)n1. The number of nitrogens with zero attached hydrogens (tertiary/aromatic N) is 4. The van der Waals surface area contributed by atoms with Gasteiger partial charge in [0, 0.05) is 47.6 Å². The van der Waals surface area contributed by atoms with Gasteiger partial charge < -0.3 is 4.57 Å². The Kier molecular flexibility index (Phi) is 5.00. The van der Waals surface area contributed by atoms with Gasteiger partial charge >= 0.3 is 0 Å². The molecule has 0 spiro atoms. The molecule has 0 aliphatic carbocycles. The van der Waals surface area contributed by atoms with Crippen LogP contribution in [0.25, 0.3) is 93.0 Å². The largest absolute Gasteiger partial charge is 0.308 e. The Morgan fingerprint density at radius 1 is 0.460 bits per heavy atom. The van der Waals surface area contributed by atoms with Crippen molar-refractivity contribution in [3.8, 4) is 51.0 Å². The third-order valence-corrected chi connectivity index (χ3v) is 10.1. The van der Waals surface area contributed by atoms with E-state index in [1.165, 1.54) is 17.4 Å². The van der Waals surface area contributed by atoms with E-state index in [1.54, 1.807) is 10.6 Å². The lowest BCUT2D eigenvalue weighted by Crippen LogP contribution is -2.04. The zero-order valence-electron chi connectivity index (χ0n) is 34.2. The molecule has 0 aliphatic rings. The van der Waals surface area contributed by atoms with Crippen LogP contribution in [0.4, 0.5) is 0 Å². The van der Waals surface area contributed by atoms with Crippen molar-refractivity contribution >= 4 is 53.3 Å². The summed E-state index contributed by atoms with van der Waals surface area (Å²) in [6, 6.07) is 35.9. The van der Waals surface area contributed by atoms with E-state index in [9.17, 15) is 2.74 Å². The maximum atomic E-state index is 9.28. The number of hydrogen-bond donors (Lipinski definition) is 0. The van der Waals surface area contributed by atoms with Gasteiger partial charge in [-0.25, -0.2) is 15.0 Å².